The van der Waals surface area contributed by atoms with Gasteiger partial charge in [-0.2, -0.15) is 0 Å². The number of nitrogens with zero attached hydrogens (tertiary/aromatic N) is 3. The van der Waals surface area contributed by atoms with Crippen LogP contribution in [0, 0.1) is 4.77 Å². The fraction of sp³-hybridized carbons (Fsp3) is 0.200. The number of H-pyrrole nitrogens is 1. The van der Waals surface area contributed by atoms with Crippen LogP contribution >= 0.6 is 12.2 Å². The topological polar surface area (TPSA) is 102 Å². The smallest absolute Gasteiger partial charge is 0.341 e. The highest BCUT2D eigenvalue weighted by Gasteiger charge is 2.13. The molecule has 0 saturated carbocycles. The fourth-order valence-corrected chi connectivity index (χ4v) is 2.49. The van der Waals surface area contributed by atoms with Gasteiger partial charge in [-0.15, -0.1) is 0 Å². The highest BCUT2D eigenvalue weighted by Crippen LogP contribution is 2.21. The molecule has 0 saturated heterocycles. The molecule has 0 fully saturated rings. The van der Waals surface area contributed by atoms with E-state index in [9.17, 15) is 9.59 Å². The number of carbonyl (C=O) groups is 1. The molecule has 0 aliphatic carbocycles. The van der Waals surface area contributed by atoms with Crippen molar-refractivity contribution >= 4 is 29.4 Å². The lowest BCUT2D eigenvalue weighted by molar-refractivity contribution is -0.139. The molecule has 8 nitrogen and oxygen atoms in total. The number of aromatic nitrogens is 4. The summed E-state index contributed by atoms with van der Waals surface area (Å²) < 4.78 is 8.50. The molecule has 0 bridgehead atoms. The van der Waals surface area contributed by atoms with E-state index in [0.717, 1.165) is 5.56 Å². The second-order valence-corrected chi connectivity index (χ2v) is 5.56. The number of hydrogen-bond donors (Lipinski definition) is 2. The molecule has 3 aromatic rings. The van der Waals surface area contributed by atoms with E-state index in [2.05, 4.69) is 9.97 Å². The van der Waals surface area contributed by atoms with Crippen molar-refractivity contribution in [1.82, 2.24) is 19.1 Å². The molecule has 2 N–H and O–H groups in total. The second kappa shape index (κ2) is 5.93. The van der Waals surface area contributed by atoms with Gasteiger partial charge in [0.25, 0.3) is 5.56 Å². The van der Waals surface area contributed by atoms with E-state index in [-0.39, 0.29) is 5.56 Å². The van der Waals surface area contributed by atoms with Gasteiger partial charge in [-0.25, -0.2) is 9.78 Å². The van der Waals surface area contributed by atoms with Crippen LogP contribution in [-0.4, -0.2) is 36.8 Å². The Bertz CT molecular complexity index is 1050. The maximum absolute atomic E-state index is 12.3. The Morgan fingerprint density at radius 3 is 2.58 bits per heavy atom. The first-order chi connectivity index (χ1) is 11.4. The molecular formula is C15H14N4O4S. The van der Waals surface area contributed by atoms with Crippen molar-refractivity contribution in [2.24, 2.45) is 14.1 Å². The quantitative estimate of drug-likeness (QED) is 0.694. The van der Waals surface area contributed by atoms with Crippen molar-refractivity contribution < 1.29 is 14.6 Å². The minimum atomic E-state index is -1.04. The molecule has 2 heterocycles. The number of hydrogen-bond acceptors (Lipinski definition) is 5. The van der Waals surface area contributed by atoms with Crippen LogP contribution in [0.25, 0.3) is 22.6 Å². The Hall–Kier alpha value is -2.94. The first-order valence-electron chi connectivity index (χ1n) is 6.99. The predicted octanol–water partition coefficient (Wildman–Crippen LogP) is 1.46. The highest BCUT2D eigenvalue weighted by atomic mass is 32.1. The van der Waals surface area contributed by atoms with Crippen LogP contribution in [0.1, 0.15) is 0 Å². The average molecular weight is 346 g/mol. The van der Waals surface area contributed by atoms with Gasteiger partial charge in [0.2, 0.25) is 0 Å². The molecular weight excluding hydrogens is 332 g/mol. The van der Waals surface area contributed by atoms with Gasteiger partial charge in [0, 0.05) is 19.7 Å². The first-order valence-corrected chi connectivity index (χ1v) is 7.40. The summed E-state index contributed by atoms with van der Waals surface area (Å²) in [5, 5.41) is 8.60. The van der Waals surface area contributed by atoms with Gasteiger partial charge in [-0.05, 0) is 36.5 Å². The second-order valence-electron chi connectivity index (χ2n) is 5.20. The van der Waals surface area contributed by atoms with Gasteiger partial charge in [-0.1, -0.05) is 0 Å². The van der Waals surface area contributed by atoms with Crippen molar-refractivity contribution in [2.45, 2.75) is 0 Å². The monoisotopic (exact) mass is 346 g/mol. The van der Waals surface area contributed by atoms with Crippen LogP contribution in [0.2, 0.25) is 0 Å². The Morgan fingerprint density at radius 1 is 1.29 bits per heavy atom. The van der Waals surface area contributed by atoms with Crippen molar-refractivity contribution in [1.29, 1.82) is 0 Å². The van der Waals surface area contributed by atoms with Crippen LogP contribution in [-0.2, 0) is 18.9 Å². The van der Waals surface area contributed by atoms with Gasteiger partial charge >= 0.3 is 5.97 Å². The summed E-state index contributed by atoms with van der Waals surface area (Å²) in [6.45, 7) is -0.405. The molecule has 9 heteroatoms. The number of carboxylic acids is 1. The Kier molecular flexibility index (Phi) is 3.94. The summed E-state index contributed by atoms with van der Waals surface area (Å²) in [5.41, 5.74) is 1.34. The third-order valence-electron chi connectivity index (χ3n) is 3.58. The minimum absolute atomic E-state index is 0.242. The number of benzene rings is 1. The largest absolute Gasteiger partial charge is 0.482 e. The van der Waals surface area contributed by atoms with Gasteiger partial charge in [0.05, 0.1) is 0 Å². The Labute approximate surface area is 141 Å². The van der Waals surface area contributed by atoms with Gasteiger partial charge in [0.1, 0.15) is 17.1 Å². The summed E-state index contributed by atoms with van der Waals surface area (Å²) in [4.78, 5) is 30.2. The summed E-state index contributed by atoms with van der Waals surface area (Å²) in [6.07, 6.45) is 0. The molecule has 3 rings (SSSR count). The minimum Gasteiger partial charge on any atom is -0.482 e. The molecule has 0 atom stereocenters. The van der Waals surface area contributed by atoms with E-state index in [0.29, 0.717) is 27.5 Å². The Morgan fingerprint density at radius 2 is 1.96 bits per heavy atom. The third-order valence-corrected chi connectivity index (χ3v) is 4.13. The van der Waals surface area contributed by atoms with Crippen LogP contribution < -0.4 is 10.3 Å². The lowest BCUT2D eigenvalue weighted by Gasteiger charge is -2.03. The zero-order valence-corrected chi connectivity index (χ0v) is 13.8. The van der Waals surface area contributed by atoms with Crippen molar-refractivity contribution in [3.8, 4) is 17.1 Å². The normalized spacial score (nSPS) is 10.9. The summed E-state index contributed by atoms with van der Waals surface area (Å²) >= 11 is 5.21. The van der Waals surface area contributed by atoms with Crippen LogP contribution in [0.3, 0.4) is 0 Å². The molecule has 0 amide bonds. The van der Waals surface area contributed by atoms with E-state index in [1.54, 1.807) is 42.9 Å². The maximum atomic E-state index is 12.3. The van der Waals surface area contributed by atoms with Crippen molar-refractivity contribution in [3.05, 3.63) is 39.4 Å². The van der Waals surface area contributed by atoms with E-state index in [1.807, 2.05) is 0 Å². The number of carboxylic acid groups (broad SMARTS) is 1. The van der Waals surface area contributed by atoms with Crippen LogP contribution in [0.5, 0.6) is 5.75 Å². The highest BCUT2D eigenvalue weighted by molar-refractivity contribution is 7.71. The van der Waals surface area contributed by atoms with Crippen LogP contribution in [0.4, 0.5) is 0 Å². The SMILES string of the molecule is Cn1c(=O)c2[nH]c(-c3ccc(OCC(=O)O)cc3)nc2n(C)c1=S. The standard InChI is InChI=1S/C15H14N4O4S/c1-18-13-11(14(22)19(2)15(18)24)16-12(17-13)8-3-5-9(6-4-8)23-7-10(20)21/h3-6H,7H2,1-2H3,(H,16,17)(H,20,21). The number of aliphatic carboxylic acids is 1. The number of ether oxygens (including phenoxy) is 1. The molecule has 0 aliphatic heterocycles. The lowest BCUT2D eigenvalue weighted by Crippen LogP contribution is -2.21. The molecule has 0 aliphatic rings. The van der Waals surface area contributed by atoms with Crippen LogP contribution in [0.15, 0.2) is 29.1 Å². The molecule has 24 heavy (non-hydrogen) atoms. The fourth-order valence-electron chi connectivity index (χ4n) is 2.32. The predicted molar refractivity (Wildman–Crippen MR) is 89.7 cm³/mol. The molecule has 0 spiro atoms. The molecule has 2 aromatic heterocycles. The number of aryl methyl sites for hydroxylation is 1. The summed E-state index contributed by atoms with van der Waals surface area (Å²) in [7, 11) is 3.36. The number of fused-ring (bicyclic) bond motifs is 1. The Balaban J connectivity index is 2.03. The zero-order chi connectivity index (χ0) is 17.4. The number of rotatable bonds is 4. The zero-order valence-electron chi connectivity index (χ0n) is 12.9. The van der Waals surface area contributed by atoms with Crippen molar-refractivity contribution in [2.75, 3.05) is 6.61 Å². The van der Waals surface area contributed by atoms with Crippen molar-refractivity contribution in [3.63, 3.8) is 0 Å². The number of nitrogens with one attached hydrogen (secondary N) is 1. The van der Waals surface area contributed by atoms with E-state index < -0.39 is 12.6 Å². The molecule has 0 unspecified atom stereocenters. The van der Waals surface area contributed by atoms with Gasteiger partial charge < -0.3 is 19.4 Å². The van der Waals surface area contributed by atoms with E-state index in [4.69, 9.17) is 22.1 Å². The van der Waals surface area contributed by atoms with Gasteiger partial charge in [-0.3, -0.25) is 9.36 Å². The van der Waals surface area contributed by atoms with Gasteiger partial charge in [0.15, 0.2) is 17.0 Å². The maximum Gasteiger partial charge on any atom is 0.341 e. The summed E-state index contributed by atoms with van der Waals surface area (Å²) in [5.74, 6) is -0.0888. The summed E-state index contributed by atoms with van der Waals surface area (Å²) in [6, 6.07) is 6.74. The lowest BCUT2D eigenvalue weighted by atomic mass is 10.2. The number of imidazole rings is 1. The van der Waals surface area contributed by atoms with E-state index >= 15 is 0 Å². The van der Waals surface area contributed by atoms with E-state index in [1.165, 1.54) is 4.57 Å². The molecule has 124 valence electrons. The molecule has 1 aromatic carbocycles. The molecule has 0 radical (unpaired) electrons. The average Bonchev–Trinajstić information content (AvgIpc) is 3.02. The first kappa shape index (κ1) is 15.9. The number of aromatic amines is 1. The third kappa shape index (κ3) is 2.69.